The summed E-state index contributed by atoms with van der Waals surface area (Å²) in [6, 6.07) is 17.1. The van der Waals surface area contributed by atoms with E-state index in [2.05, 4.69) is 20.5 Å². The van der Waals surface area contributed by atoms with Gasteiger partial charge < -0.3 is 14.6 Å². The van der Waals surface area contributed by atoms with Crippen molar-refractivity contribution >= 4 is 34.4 Å². The molecule has 0 unspecified atom stereocenters. The number of non-ortho nitro benzene ring substituents is 1. The molecule has 0 bridgehead atoms. The second-order valence-corrected chi connectivity index (χ2v) is 6.21. The van der Waals surface area contributed by atoms with Crippen molar-refractivity contribution in [2.45, 2.75) is 0 Å². The zero-order valence-corrected chi connectivity index (χ0v) is 16.8. The van der Waals surface area contributed by atoms with Crippen LogP contribution in [0.2, 0.25) is 0 Å². The van der Waals surface area contributed by atoms with Crippen LogP contribution in [0.1, 0.15) is 0 Å². The first-order valence-corrected chi connectivity index (χ1v) is 9.15. The largest absolute Gasteiger partial charge is 0.494 e. The predicted octanol–water partition coefficient (Wildman–Crippen LogP) is 5.90. The van der Waals surface area contributed by atoms with Crippen LogP contribution in [0.25, 0.3) is 0 Å². The Morgan fingerprint density at radius 3 is 2.06 bits per heavy atom. The SMILES string of the molecule is COc1cc(/N=N/c2ccc([N+](=O)[O-])cc2)ccc1/N=N/c1ccc(OCC(=O)O)cc1. The first-order chi connectivity index (χ1) is 15.4. The van der Waals surface area contributed by atoms with E-state index < -0.39 is 17.5 Å². The van der Waals surface area contributed by atoms with Crippen molar-refractivity contribution < 1.29 is 24.3 Å². The van der Waals surface area contributed by atoms with E-state index >= 15 is 0 Å². The molecule has 0 atom stereocenters. The van der Waals surface area contributed by atoms with E-state index in [0.717, 1.165) is 0 Å². The fourth-order valence-electron chi connectivity index (χ4n) is 2.43. The van der Waals surface area contributed by atoms with Crippen LogP contribution >= 0.6 is 0 Å². The van der Waals surface area contributed by atoms with Crippen molar-refractivity contribution in [1.29, 1.82) is 0 Å². The van der Waals surface area contributed by atoms with Gasteiger partial charge in [-0.2, -0.15) is 15.3 Å². The van der Waals surface area contributed by atoms with E-state index in [1.165, 1.54) is 31.4 Å². The summed E-state index contributed by atoms with van der Waals surface area (Å²) in [4.78, 5) is 20.7. The number of hydrogen-bond acceptors (Lipinski definition) is 9. The number of nitrogens with zero attached hydrogens (tertiary/aromatic N) is 5. The van der Waals surface area contributed by atoms with Gasteiger partial charge >= 0.3 is 5.97 Å². The minimum Gasteiger partial charge on any atom is -0.494 e. The maximum absolute atomic E-state index is 10.7. The Labute approximate surface area is 181 Å². The predicted molar refractivity (Wildman–Crippen MR) is 114 cm³/mol. The number of hydrogen-bond donors (Lipinski definition) is 1. The minimum absolute atomic E-state index is 0.0252. The highest BCUT2D eigenvalue weighted by molar-refractivity contribution is 5.68. The minimum atomic E-state index is -1.06. The van der Waals surface area contributed by atoms with E-state index in [4.69, 9.17) is 14.6 Å². The Balaban J connectivity index is 1.69. The number of rotatable bonds is 9. The van der Waals surface area contributed by atoms with E-state index in [0.29, 0.717) is 34.2 Å². The van der Waals surface area contributed by atoms with E-state index in [9.17, 15) is 14.9 Å². The monoisotopic (exact) mass is 435 g/mol. The lowest BCUT2D eigenvalue weighted by atomic mass is 10.2. The highest BCUT2D eigenvalue weighted by Crippen LogP contribution is 2.34. The fraction of sp³-hybridized carbons (Fsp3) is 0.0952. The average molecular weight is 435 g/mol. The number of carboxylic acid groups (broad SMARTS) is 1. The Hall–Kier alpha value is -4.67. The molecule has 0 aliphatic heterocycles. The number of methoxy groups -OCH3 is 1. The van der Waals surface area contributed by atoms with Gasteiger partial charge in [-0.1, -0.05) is 0 Å². The van der Waals surface area contributed by atoms with E-state index in [1.54, 1.807) is 42.5 Å². The van der Waals surface area contributed by atoms with Crippen LogP contribution in [0.5, 0.6) is 11.5 Å². The van der Waals surface area contributed by atoms with E-state index in [-0.39, 0.29) is 5.69 Å². The maximum atomic E-state index is 10.7. The molecule has 0 fully saturated rings. The molecule has 0 saturated heterocycles. The molecule has 11 nitrogen and oxygen atoms in total. The zero-order valence-electron chi connectivity index (χ0n) is 16.8. The summed E-state index contributed by atoms with van der Waals surface area (Å²) < 4.78 is 10.4. The van der Waals surface area contributed by atoms with Gasteiger partial charge in [0.15, 0.2) is 6.61 Å². The van der Waals surface area contributed by atoms with Gasteiger partial charge in [0.1, 0.15) is 17.2 Å². The van der Waals surface area contributed by atoms with Gasteiger partial charge in [0, 0.05) is 18.2 Å². The van der Waals surface area contributed by atoms with Gasteiger partial charge in [0.05, 0.1) is 29.1 Å². The van der Waals surface area contributed by atoms with Gasteiger partial charge in [-0.25, -0.2) is 4.79 Å². The van der Waals surface area contributed by atoms with Crippen LogP contribution in [-0.4, -0.2) is 29.7 Å². The lowest BCUT2D eigenvalue weighted by molar-refractivity contribution is -0.384. The van der Waals surface area contributed by atoms with Gasteiger partial charge in [0.25, 0.3) is 5.69 Å². The number of aliphatic carboxylic acids is 1. The molecule has 3 aromatic rings. The van der Waals surface area contributed by atoms with Crippen molar-refractivity contribution in [2.24, 2.45) is 20.5 Å². The van der Waals surface area contributed by atoms with Gasteiger partial charge in [0.2, 0.25) is 0 Å². The number of nitro groups is 1. The lowest BCUT2D eigenvalue weighted by Crippen LogP contribution is -2.09. The van der Waals surface area contributed by atoms with Crippen LogP contribution in [0.15, 0.2) is 87.2 Å². The average Bonchev–Trinajstić information content (AvgIpc) is 2.81. The normalized spacial score (nSPS) is 11.0. The Morgan fingerprint density at radius 2 is 1.47 bits per heavy atom. The first-order valence-electron chi connectivity index (χ1n) is 9.15. The summed E-state index contributed by atoms with van der Waals surface area (Å²) in [5.41, 5.74) is 1.95. The van der Waals surface area contributed by atoms with Crippen LogP contribution < -0.4 is 9.47 Å². The van der Waals surface area contributed by atoms with Crippen LogP contribution in [0.4, 0.5) is 28.4 Å². The molecule has 162 valence electrons. The molecule has 0 radical (unpaired) electrons. The lowest BCUT2D eigenvalue weighted by Gasteiger charge is -2.04. The van der Waals surface area contributed by atoms with Crippen LogP contribution in [0.3, 0.4) is 0 Å². The highest BCUT2D eigenvalue weighted by Gasteiger charge is 2.06. The molecule has 0 amide bonds. The summed E-state index contributed by atoms with van der Waals surface area (Å²) >= 11 is 0. The third-order valence-corrected chi connectivity index (χ3v) is 3.98. The third-order valence-electron chi connectivity index (χ3n) is 3.98. The molecule has 0 spiro atoms. The molecule has 0 aliphatic carbocycles. The summed E-state index contributed by atoms with van der Waals surface area (Å²) in [7, 11) is 1.49. The fourth-order valence-corrected chi connectivity index (χ4v) is 2.43. The molecule has 11 heteroatoms. The molecule has 3 aromatic carbocycles. The van der Waals surface area contributed by atoms with Crippen molar-refractivity contribution in [3.8, 4) is 11.5 Å². The summed E-state index contributed by atoms with van der Waals surface area (Å²) in [5.74, 6) is -0.224. The Kier molecular flexibility index (Phi) is 7.15. The van der Waals surface area contributed by atoms with Gasteiger partial charge in [-0.15, -0.1) is 5.11 Å². The van der Waals surface area contributed by atoms with Crippen molar-refractivity contribution in [2.75, 3.05) is 13.7 Å². The Morgan fingerprint density at radius 1 is 0.906 bits per heavy atom. The molecule has 0 aromatic heterocycles. The number of nitro benzene ring substituents is 1. The molecule has 0 aliphatic rings. The second-order valence-electron chi connectivity index (χ2n) is 6.21. The van der Waals surface area contributed by atoms with Crippen molar-refractivity contribution in [1.82, 2.24) is 0 Å². The molecular weight excluding hydrogens is 418 g/mol. The number of azo groups is 2. The maximum Gasteiger partial charge on any atom is 0.341 e. The van der Waals surface area contributed by atoms with Crippen LogP contribution in [0, 0.1) is 10.1 Å². The molecule has 0 saturated carbocycles. The third kappa shape index (κ3) is 6.16. The Bertz CT molecular complexity index is 1160. The quantitative estimate of drug-likeness (QED) is 0.251. The van der Waals surface area contributed by atoms with Crippen LogP contribution in [-0.2, 0) is 4.79 Å². The number of ether oxygens (including phenoxy) is 2. The molecule has 32 heavy (non-hydrogen) atoms. The number of benzene rings is 3. The van der Waals surface area contributed by atoms with Crippen molar-refractivity contribution in [3.63, 3.8) is 0 Å². The van der Waals surface area contributed by atoms with Crippen molar-refractivity contribution in [3.05, 3.63) is 76.8 Å². The highest BCUT2D eigenvalue weighted by atomic mass is 16.6. The summed E-state index contributed by atoms with van der Waals surface area (Å²) in [6.45, 7) is -0.425. The van der Waals surface area contributed by atoms with Gasteiger partial charge in [-0.05, 0) is 48.5 Å². The second kappa shape index (κ2) is 10.4. The summed E-state index contributed by atoms with van der Waals surface area (Å²) in [5, 5.41) is 35.8. The smallest absolute Gasteiger partial charge is 0.341 e. The molecular formula is C21H17N5O6. The first kappa shape index (κ1) is 22.0. The summed E-state index contributed by atoms with van der Waals surface area (Å²) in [6.07, 6.45) is 0. The number of carbonyl (C=O) groups is 1. The zero-order chi connectivity index (χ0) is 22.9. The topological polar surface area (TPSA) is 148 Å². The van der Waals surface area contributed by atoms with Gasteiger partial charge in [-0.3, -0.25) is 10.1 Å². The molecule has 3 rings (SSSR count). The number of carboxylic acids is 1. The molecule has 0 heterocycles. The molecule has 1 N–H and O–H groups in total. The van der Waals surface area contributed by atoms with E-state index in [1.807, 2.05) is 0 Å². The standard InChI is InChI=1S/C21H17N5O6/c1-31-20-12-16(24-22-14-2-7-17(8-3-14)26(29)30)6-11-19(20)25-23-15-4-9-18(10-5-15)32-13-21(27)28/h2-12H,13H2,1H3,(H,27,28)/b24-22+,25-23+.